The maximum Gasteiger partial charge on any atom is 0.0178 e. The standard InChI is InChI=1S/C15H21NSi/c1-10-7-14(11(2)15(10)9-17)13-5-3-12(8-16)4-6-13/h3-6H,7-9,16H2,1-2,17H3. The van der Waals surface area contributed by atoms with E-state index in [-0.39, 0.29) is 0 Å². The Morgan fingerprint density at radius 2 is 1.82 bits per heavy atom. The summed E-state index contributed by atoms with van der Waals surface area (Å²) in [6, 6.07) is 9.99. The van der Waals surface area contributed by atoms with Gasteiger partial charge in [0, 0.05) is 16.8 Å². The number of rotatable bonds is 3. The zero-order valence-electron chi connectivity index (χ0n) is 11.0. The molecule has 17 heavy (non-hydrogen) atoms. The highest BCUT2D eigenvalue weighted by Gasteiger charge is 2.18. The maximum atomic E-state index is 5.63. The summed E-state index contributed by atoms with van der Waals surface area (Å²) in [5, 5.41) is 0. The van der Waals surface area contributed by atoms with Gasteiger partial charge in [-0.3, -0.25) is 0 Å². The third kappa shape index (κ3) is 2.28. The highest BCUT2D eigenvalue weighted by atomic mass is 28.1. The fourth-order valence-electron chi connectivity index (χ4n) is 2.73. The second kappa shape index (κ2) is 5.03. The molecule has 0 atom stereocenters. The van der Waals surface area contributed by atoms with Gasteiger partial charge in [-0.1, -0.05) is 29.8 Å². The van der Waals surface area contributed by atoms with Gasteiger partial charge in [-0.2, -0.15) is 0 Å². The van der Waals surface area contributed by atoms with Crippen LogP contribution in [0.15, 0.2) is 41.0 Å². The molecule has 0 saturated carbocycles. The average Bonchev–Trinajstić information content (AvgIpc) is 2.64. The molecule has 0 spiro atoms. The van der Waals surface area contributed by atoms with Crippen LogP contribution in [0, 0.1) is 0 Å². The summed E-state index contributed by atoms with van der Waals surface area (Å²) in [4.78, 5) is 0. The Bertz CT molecular complexity index is 480. The first-order valence-electron chi connectivity index (χ1n) is 6.35. The Labute approximate surface area is 107 Å². The molecule has 2 heteroatoms. The zero-order chi connectivity index (χ0) is 12.4. The van der Waals surface area contributed by atoms with Gasteiger partial charge >= 0.3 is 0 Å². The minimum Gasteiger partial charge on any atom is -0.326 e. The summed E-state index contributed by atoms with van der Waals surface area (Å²) in [5.74, 6) is 0. The van der Waals surface area contributed by atoms with Crippen LogP contribution >= 0.6 is 0 Å². The van der Waals surface area contributed by atoms with Crippen molar-refractivity contribution in [3.8, 4) is 0 Å². The first kappa shape index (κ1) is 12.3. The summed E-state index contributed by atoms with van der Waals surface area (Å²) in [7, 11) is 1.25. The molecule has 0 aliphatic heterocycles. The quantitative estimate of drug-likeness (QED) is 0.811. The van der Waals surface area contributed by atoms with Crippen LogP contribution in [0.4, 0.5) is 0 Å². The highest BCUT2D eigenvalue weighted by Crippen LogP contribution is 2.39. The second-order valence-electron chi connectivity index (χ2n) is 4.79. The molecule has 0 unspecified atom stereocenters. The number of hydrogen-bond acceptors (Lipinski definition) is 1. The Kier molecular flexibility index (Phi) is 3.65. The average molecular weight is 243 g/mol. The smallest absolute Gasteiger partial charge is 0.0178 e. The predicted molar refractivity (Wildman–Crippen MR) is 79.0 cm³/mol. The Hall–Kier alpha value is -1.12. The zero-order valence-corrected chi connectivity index (χ0v) is 13.0. The van der Waals surface area contributed by atoms with E-state index in [9.17, 15) is 0 Å². The summed E-state index contributed by atoms with van der Waals surface area (Å²) < 4.78 is 0. The molecule has 1 aliphatic rings. The number of benzene rings is 1. The lowest BCUT2D eigenvalue weighted by molar-refractivity contribution is 1.07. The number of allylic oxidation sites excluding steroid dienone is 4. The topological polar surface area (TPSA) is 26.0 Å². The third-order valence-electron chi connectivity index (χ3n) is 3.75. The molecule has 2 N–H and O–H groups in total. The van der Waals surface area contributed by atoms with Gasteiger partial charge in [0.05, 0.1) is 0 Å². The molecule has 0 amide bonds. The van der Waals surface area contributed by atoms with Crippen LogP contribution in [0.1, 0.15) is 31.4 Å². The molecule has 1 aliphatic carbocycles. The Balaban J connectivity index is 2.33. The van der Waals surface area contributed by atoms with E-state index >= 15 is 0 Å². The van der Waals surface area contributed by atoms with Crippen molar-refractivity contribution in [3.63, 3.8) is 0 Å². The van der Waals surface area contributed by atoms with Gasteiger partial charge < -0.3 is 5.73 Å². The molecule has 1 aromatic carbocycles. The summed E-state index contributed by atoms with van der Waals surface area (Å²) in [6.45, 7) is 5.18. The van der Waals surface area contributed by atoms with Crippen LogP contribution in [-0.2, 0) is 6.54 Å². The van der Waals surface area contributed by atoms with Gasteiger partial charge in [0.15, 0.2) is 0 Å². The van der Waals surface area contributed by atoms with Gasteiger partial charge in [-0.15, -0.1) is 0 Å². The maximum absolute atomic E-state index is 5.63. The van der Waals surface area contributed by atoms with E-state index in [0.29, 0.717) is 6.54 Å². The summed E-state index contributed by atoms with van der Waals surface area (Å²) in [6.07, 6.45) is 1.13. The third-order valence-corrected chi connectivity index (χ3v) is 4.46. The molecule has 1 nitrogen and oxygen atoms in total. The lowest BCUT2D eigenvalue weighted by atomic mass is 9.99. The van der Waals surface area contributed by atoms with Gasteiger partial charge in [0.25, 0.3) is 0 Å². The Morgan fingerprint density at radius 1 is 1.18 bits per heavy atom. The number of nitrogens with two attached hydrogens (primary N) is 1. The fourth-order valence-corrected chi connectivity index (χ4v) is 3.87. The first-order chi connectivity index (χ1) is 8.17. The van der Waals surface area contributed by atoms with Crippen molar-refractivity contribution in [2.75, 3.05) is 0 Å². The lowest BCUT2D eigenvalue weighted by Gasteiger charge is -2.07. The van der Waals surface area contributed by atoms with Crippen LogP contribution in [0.25, 0.3) is 5.57 Å². The predicted octanol–water partition coefficient (Wildman–Crippen LogP) is 2.42. The molecule has 0 radical (unpaired) electrons. The molecular formula is C15H21NSi. The van der Waals surface area contributed by atoms with E-state index in [1.807, 2.05) is 0 Å². The normalized spacial score (nSPS) is 16.2. The fraction of sp³-hybridized carbons (Fsp3) is 0.333. The molecule has 1 aromatic rings. The van der Waals surface area contributed by atoms with Gasteiger partial charge in [-0.25, -0.2) is 0 Å². The van der Waals surface area contributed by atoms with Crippen molar-refractivity contribution in [1.82, 2.24) is 0 Å². The van der Waals surface area contributed by atoms with E-state index in [0.717, 1.165) is 6.42 Å². The molecular weight excluding hydrogens is 222 g/mol. The molecule has 0 heterocycles. The largest absolute Gasteiger partial charge is 0.326 e. The van der Waals surface area contributed by atoms with E-state index in [1.165, 1.54) is 38.6 Å². The molecule has 0 aromatic heterocycles. The van der Waals surface area contributed by atoms with Crippen LogP contribution in [0.3, 0.4) is 0 Å². The minimum atomic E-state index is 0.626. The molecule has 0 fully saturated rings. The summed E-state index contributed by atoms with van der Waals surface area (Å²) >= 11 is 0. The van der Waals surface area contributed by atoms with E-state index in [4.69, 9.17) is 5.73 Å². The van der Waals surface area contributed by atoms with E-state index in [1.54, 1.807) is 11.1 Å². The highest BCUT2D eigenvalue weighted by molar-refractivity contribution is 6.11. The van der Waals surface area contributed by atoms with Gasteiger partial charge in [0.2, 0.25) is 0 Å². The minimum absolute atomic E-state index is 0.626. The van der Waals surface area contributed by atoms with Crippen molar-refractivity contribution in [2.45, 2.75) is 32.9 Å². The molecule has 90 valence electrons. The van der Waals surface area contributed by atoms with Crippen molar-refractivity contribution >= 4 is 15.8 Å². The van der Waals surface area contributed by atoms with Crippen molar-refractivity contribution < 1.29 is 0 Å². The van der Waals surface area contributed by atoms with Crippen LogP contribution in [0.2, 0.25) is 6.04 Å². The van der Waals surface area contributed by atoms with Crippen molar-refractivity contribution in [2.24, 2.45) is 5.73 Å². The van der Waals surface area contributed by atoms with Crippen LogP contribution < -0.4 is 5.73 Å². The van der Waals surface area contributed by atoms with Crippen molar-refractivity contribution in [3.05, 3.63) is 52.1 Å². The number of hydrogen-bond donors (Lipinski definition) is 1. The molecule has 0 saturated heterocycles. The van der Waals surface area contributed by atoms with Crippen molar-refractivity contribution in [1.29, 1.82) is 0 Å². The van der Waals surface area contributed by atoms with E-state index in [2.05, 4.69) is 38.1 Å². The van der Waals surface area contributed by atoms with Crippen LogP contribution in [-0.4, -0.2) is 10.2 Å². The Morgan fingerprint density at radius 3 is 2.29 bits per heavy atom. The first-order valence-corrected chi connectivity index (χ1v) is 7.77. The van der Waals surface area contributed by atoms with Crippen LogP contribution in [0.5, 0.6) is 0 Å². The molecule has 2 rings (SSSR count). The van der Waals surface area contributed by atoms with E-state index < -0.39 is 0 Å². The molecule has 0 bridgehead atoms. The van der Waals surface area contributed by atoms with Gasteiger partial charge in [-0.05, 0) is 54.2 Å². The SMILES string of the molecule is CC1=C(C[SiH3])C(C)=C(c2ccc(CN)cc2)C1. The summed E-state index contributed by atoms with van der Waals surface area (Å²) in [5.41, 5.74) is 14.4. The van der Waals surface area contributed by atoms with Gasteiger partial charge in [0.1, 0.15) is 0 Å². The lowest BCUT2D eigenvalue weighted by Crippen LogP contribution is -1.96. The second-order valence-corrected chi connectivity index (χ2v) is 5.50. The monoisotopic (exact) mass is 243 g/mol.